The number of hydrogen-bond acceptors (Lipinski definition) is 4. The zero-order valence-corrected chi connectivity index (χ0v) is 22.5. The van der Waals surface area contributed by atoms with Crippen LogP contribution in [0.5, 0.6) is 11.5 Å². The summed E-state index contributed by atoms with van der Waals surface area (Å²) in [5, 5.41) is 9.40. The monoisotopic (exact) mass is 532 g/mol. The Morgan fingerprint density at radius 3 is 2.24 bits per heavy atom. The lowest BCUT2D eigenvalue weighted by atomic mass is 9.71. The highest BCUT2D eigenvalue weighted by Gasteiger charge is 2.46. The molecule has 0 bridgehead atoms. The van der Waals surface area contributed by atoms with Crippen molar-refractivity contribution in [2.24, 2.45) is 11.8 Å². The molecule has 0 spiro atoms. The van der Waals surface area contributed by atoms with Crippen molar-refractivity contribution >= 4 is 23.5 Å². The molecule has 7 heteroatoms. The van der Waals surface area contributed by atoms with E-state index in [4.69, 9.17) is 21.1 Å². The molecule has 0 radical (unpaired) electrons. The van der Waals surface area contributed by atoms with Crippen LogP contribution in [0.1, 0.15) is 81.1 Å². The molecule has 1 unspecified atom stereocenters. The summed E-state index contributed by atoms with van der Waals surface area (Å²) in [7, 11) is 0. The number of benzene rings is 2. The number of unbranched alkanes of at least 4 members (excludes halogenated alkanes) is 1. The first-order chi connectivity index (χ1) is 17.7. The second-order valence-corrected chi connectivity index (χ2v) is 10.9. The highest BCUT2D eigenvalue weighted by Crippen LogP contribution is 2.42. The average Bonchev–Trinajstić information content (AvgIpc) is 2.90. The van der Waals surface area contributed by atoms with Crippen molar-refractivity contribution in [2.45, 2.75) is 82.7 Å². The fourth-order valence-electron chi connectivity index (χ4n) is 4.99. The number of carbonyl (C=O) groups excluding carboxylic acids is 1. The molecule has 0 saturated heterocycles. The second kappa shape index (κ2) is 13.8. The number of aliphatic carboxylic acids is 1. The summed E-state index contributed by atoms with van der Waals surface area (Å²) in [6, 6.07) is 14.3. The van der Waals surface area contributed by atoms with Gasteiger partial charge in [-0.15, -0.1) is 11.6 Å². The molecule has 2 aromatic carbocycles. The van der Waals surface area contributed by atoms with E-state index in [0.717, 1.165) is 37.7 Å². The predicted octanol–water partition coefficient (Wildman–Crippen LogP) is 7.63. The quantitative estimate of drug-likeness (QED) is 0.163. The lowest BCUT2D eigenvalue weighted by Crippen LogP contribution is -2.43. The first-order valence-electron chi connectivity index (χ1n) is 13.3. The van der Waals surface area contributed by atoms with Crippen molar-refractivity contribution in [3.05, 3.63) is 59.7 Å². The molecule has 2 aromatic rings. The van der Waals surface area contributed by atoms with Crippen LogP contribution in [-0.4, -0.2) is 34.7 Å². The van der Waals surface area contributed by atoms with Crippen molar-refractivity contribution < 1.29 is 28.6 Å². The smallest absolute Gasteiger partial charge is 0.343 e. The van der Waals surface area contributed by atoms with Crippen molar-refractivity contribution in [1.29, 1.82) is 0 Å². The molecule has 2 atom stereocenters. The molecule has 37 heavy (non-hydrogen) atoms. The third kappa shape index (κ3) is 8.46. The number of alkyl halides is 2. The third-order valence-corrected chi connectivity index (χ3v) is 7.41. The number of rotatable bonds is 13. The van der Waals surface area contributed by atoms with Gasteiger partial charge in [0.05, 0.1) is 10.9 Å². The standard InChI is InChI=1S/C30H38ClFO5/c1-3-4-19-30(32,29(34)35)25-13-7-22(8-14-25)5-6-23-9-15-27(16-10-23)37-28(33)24-11-17-26(18-12-24)36-20-21(2)31/h9-12,15-18,21-22,25H,3-8,13-14,19-20H2,1-2H3,(H,34,35)/t21-,22-,25-,30?/m0/s1. The Morgan fingerprint density at radius 1 is 1.05 bits per heavy atom. The lowest BCUT2D eigenvalue weighted by Gasteiger charge is -2.36. The van der Waals surface area contributed by atoms with E-state index in [0.29, 0.717) is 48.8 Å². The van der Waals surface area contributed by atoms with E-state index in [2.05, 4.69) is 0 Å². The van der Waals surface area contributed by atoms with Gasteiger partial charge in [0.25, 0.3) is 0 Å². The Kier molecular flexibility index (Phi) is 10.8. The second-order valence-electron chi connectivity index (χ2n) is 10.2. The zero-order chi connectivity index (χ0) is 26.8. The number of halogens is 2. The zero-order valence-electron chi connectivity index (χ0n) is 21.8. The molecule has 1 fully saturated rings. The minimum atomic E-state index is -2.09. The minimum absolute atomic E-state index is 0.0987. The molecule has 1 aliphatic carbocycles. The van der Waals surface area contributed by atoms with Gasteiger partial charge in [-0.2, -0.15) is 0 Å². The highest BCUT2D eigenvalue weighted by molar-refractivity contribution is 6.20. The van der Waals surface area contributed by atoms with Crippen LogP contribution in [0.3, 0.4) is 0 Å². The molecule has 0 aromatic heterocycles. The number of aryl methyl sites for hydroxylation is 1. The first kappa shape index (κ1) is 29.0. The van der Waals surface area contributed by atoms with E-state index >= 15 is 4.39 Å². The van der Waals surface area contributed by atoms with Gasteiger partial charge in [0.15, 0.2) is 0 Å². The van der Waals surface area contributed by atoms with Crippen LogP contribution in [0.25, 0.3) is 0 Å². The summed E-state index contributed by atoms with van der Waals surface area (Å²) in [6.45, 7) is 4.19. The molecule has 0 heterocycles. The maximum atomic E-state index is 15.2. The van der Waals surface area contributed by atoms with Gasteiger partial charge < -0.3 is 14.6 Å². The number of hydrogen-bond donors (Lipinski definition) is 1. The molecular weight excluding hydrogens is 495 g/mol. The fraction of sp³-hybridized carbons (Fsp3) is 0.533. The number of ether oxygens (including phenoxy) is 2. The van der Waals surface area contributed by atoms with Gasteiger partial charge in [-0.25, -0.2) is 14.0 Å². The predicted molar refractivity (Wildman–Crippen MR) is 143 cm³/mol. The number of esters is 1. The molecular formula is C30H38ClFO5. The summed E-state index contributed by atoms with van der Waals surface area (Å²) >= 11 is 5.88. The Morgan fingerprint density at radius 2 is 1.68 bits per heavy atom. The first-order valence-corrected chi connectivity index (χ1v) is 13.7. The number of carbonyl (C=O) groups is 2. The Balaban J connectivity index is 1.44. The number of carboxylic acid groups (broad SMARTS) is 1. The highest BCUT2D eigenvalue weighted by atomic mass is 35.5. The maximum Gasteiger partial charge on any atom is 0.343 e. The maximum absolute atomic E-state index is 15.2. The van der Waals surface area contributed by atoms with Crippen LogP contribution >= 0.6 is 11.6 Å². The van der Waals surface area contributed by atoms with E-state index < -0.39 is 17.6 Å². The Hall–Kier alpha value is -2.60. The van der Waals surface area contributed by atoms with Crippen LogP contribution in [-0.2, 0) is 11.2 Å². The van der Waals surface area contributed by atoms with E-state index in [-0.39, 0.29) is 17.7 Å². The third-order valence-electron chi connectivity index (χ3n) is 7.29. The van der Waals surface area contributed by atoms with E-state index in [1.54, 1.807) is 36.4 Å². The van der Waals surface area contributed by atoms with Gasteiger partial charge in [-0.3, -0.25) is 0 Å². The van der Waals surface area contributed by atoms with Crippen molar-refractivity contribution in [2.75, 3.05) is 6.61 Å². The van der Waals surface area contributed by atoms with Crippen molar-refractivity contribution in [1.82, 2.24) is 0 Å². The number of carboxylic acids is 1. The van der Waals surface area contributed by atoms with Crippen molar-refractivity contribution in [3.8, 4) is 11.5 Å². The summed E-state index contributed by atoms with van der Waals surface area (Å²) in [5.74, 6) is -0.536. The molecule has 0 amide bonds. The molecule has 1 N–H and O–H groups in total. The summed E-state index contributed by atoms with van der Waals surface area (Å²) in [5.41, 5.74) is -0.515. The molecule has 3 rings (SSSR count). The normalized spacial score (nSPS) is 20.0. The van der Waals surface area contributed by atoms with Crippen molar-refractivity contribution in [3.63, 3.8) is 0 Å². The minimum Gasteiger partial charge on any atom is -0.492 e. The summed E-state index contributed by atoms with van der Waals surface area (Å²) in [6.07, 6.45) is 6.34. The fourth-order valence-corrected chi connectivity index (χ4v) is 5.05. The van der Waals surface area contributed by atoms with Crippen LogP contribution in [0.2, 0.25) is 0 Å². The van der Waals surface area contributed by atoms with Gasteiger partial charge >= 0.3 is 11.9 Å². The SMILES string of the molecule is CCCCC(F)(C(=O)O)[C@H]1CC[C@H](CCc2ccc(OC(=O)c3ccc(OC[C@H](C)Cl)cc3)cc2)CC1. The average molecular weight is 533 g/mol. The van der Waals surface area contributed by atoms with E-state index in [1.165, 1.54) is 0 Å². The molecule has 1 aliphatic rings. The van der Waals surface area contributed by atoms with Gasteiger partial charge in [-0.05, 0) is 93.3 Å². The van der Waals surface area contributed by atoms with Crippen LogP contribution < -0.4 is 9.47 Å². The molecule has 0 aliphatic heterocycles. The molecule has 5 nitrogen and oxygen atoms in total. The van der Waals surface area contributed by atoms with E-state index in [1.807, 2.05) is 26.0 Å². The van der Waals surface area contributed by atoms with Gasteiger partial charge in [0.2, 0.25) is 5.67 Å². The van der Waals surface area contributed by atoms with Crippen LogP contribution in [0, 0.1) is 11.8 Å². The van der Waals surface area contributed by atoms with Crippen LogP contribution in [0.4, 0.5) is 4.39 Å². The summed E-state index contributed by atoms with van der Waals surface area (Å²) < 4.78 is 26.2. The Bertz CT molecular complexity index is 1000. The van der Waals surface area contributed by atoms with Crippen LogP contribution in [0.15, 0.2) is 48.5 Å². The van der Waals surface area contributed by atoms with E-state index in [9.17, 15) is 14.7 Å². The lowest BCUT2D eigenvalue weighted by molar-refractivity contribution is -0.157. The molecule has 202 valence electrons. The Labute approximate surface area is 224 Å². The van der Waals surface area contributed by atoms with Gasteiger partial charge in [-0.1, -0.05) is 38.3 Å². The largest absolute Gasteiger partial charge is 0.492 e. The van der Waals surface area contributed by atoms with Gasteiger partial charge in [0.1, 0.15) is 18.1 Å². The van der Waals surface area contributed by atoms with Gasteiger partial charge in [0, 0.05) is 5.92 Å². The summed E-state index contributed by atoms with van der Waals surface area (Å²) in [4.78, 5) is 24.1. The topological polar surface area (TPSA) is 72.8 Å². The molecule has 1 saturated carbocycles.